The van der Waals surface area contributed by atoms with Crippen molar-refractivity contribution in [2.75, 3.05) is 13.2 Å². The van der Waals surface area contributed by atoms with E-state index in [1.54, 1.807) is 18.2 Å². The van der Waals surface area contributed by atoms with E-state index >= 15 is 0 Å². The van der Waals surface area contributed by atoms with E-state index in [0.717, 1.165) is 6.20 Å². The maximum atomic E-state index is 10.2. The van der Waals surface area contributed by atoms with Crippen molar-refractivity contribution in [2.45, 2.75) is 0 Å². The fourth-order valence-electron chi connectivity index (χ4n) is 1.37. The molecular formula is C10H9NO4. The Kier molecular flexibility index (Phi) is 2.53. The summed E-state index contributed by atoms with van der Waals surface area (Å²) in [5, 5.41) is 10.2. The molecule has 0 saturated carbocycles. The van der Waals surface area contributed by atoms with Crippen LogP contribution in [0.15, 0.2) is 24.4 Å². The van der Waals surface area contributed by atoms with Crippen LogP contribution in [0, 0.1) is 10.1 Å². The summed E-state index contributed by atoms with van der Waals surface area (Å²) in [7, 11) is 0. The Morgan fingerprint density at radius 3 is 2.93 bits per heavy atom. The number of ether oxygens (including phenoxy) is 2. The standard InChI is InChI=1S/C10H9NO4/c12-11(13)5-4-8-2-1-3-9-10(8)15-7-6-14-9/h1-5H,6-7H2/b5-4+. The van der Waals surface area contributed by atoms with Crippen LogP contribution in [0.4, 0.5) is 0 Å². The van der Waals surface area contributed by atoms with Gasteiger partial charge < -0.3 is 9.47 Å². The molecule has 0 radical (unpaired) electrons. The van der Waals surface area contributed by atoms with Crippen LogP contribution in [0.2, 0.25) is 0 Å². The van der Waals surface area contributed by atoms with Gasteiger partial charge in [-0.25, -0.2) is 0 Å². The number of hydrogen-bond donors (Lipinski definition) is 0. The molecule has 2 rings (SSSR count). The Hall–Kier alpha value is -2.04. The van der Waals surface area contributed by atoms with Crippen molar-refractivity contribution in [3.63, 3.8) is 0 Å². The highest BCUT2D eigenvalue weighted by molar-refractivity contribution is 5.62. The molecular weight excluding hydrogens is 198 g/mol. The number of fused-ring (bicyclic) bond motifs is 1. The van der Waals surface area contributed by atoms with Crippen molar-refractivity contribution in [1.29, 1.82) is 0 Å². The molecule has 1 heterocycles. The molecule has 0 atom stereocenters. The van der Waals surface area contributed by atoms with Crippen LogP contribution in [0.5, 0.6) is 11.5 Å². The summed E-state index contributed by atoms with van der Waals surface area (Å²) < 4.78 is 10.7. The number of nitrogens with zero attached hydrogens (tertiary/aromatic N) is 1. The first-order chi connectivity index (χ1) is 7.27. The van der Waals surface area contributed by atoms with Gasteiger partial charge in [0.05, 0.1) is 4.92 Å². The fourth-order valence-corrected chi connectivity index (χ4v) is 1.37. The second-order valence-corrected chi connectivity index (χ2v) is 2.97. The molecule has 0 fully saturated rings. The Bertz CT molecular complexity index is 414. The second kappa shape index (κ2) is 4.00. The number of para-hydroxylation sites is 1. The van der Waals surface area contributed by atoms with Crippen molar-refractivity contribution in [3.8, 4) is 11.5 Å². The summed E-state index contributed by atoms with van der Waals surface area (Å²) in [5.41, 5.74) is 0.656. The topological polar surface area (TPSA) is 61.6 Å². The second-order valence-electron chi connectivity index (χ2n) is 2.97. The zero-order valence-corrected chi connectivity index (χ0v) is 7.88. The molecule has 0 aliphatic carbocycles. The third-order valence-corrected chi connectivity index (χ3v) is 1.97. The normalized spacial score (nSPS) is 14.1. The molecule has 5 nitrogen and oxygen atoms in total. The first-order valence-electron chi connectivity index (χ1n) is 4.47. The van der Waals surface area contributed by atoms with Crippen molar-refractivity contribution in [3.05, 3.63) is 40.1 Å². The largest absolute Gasteiger partial charge is 0.486 e. The van der Waals surface area contributed by atoms with Crippen LogP contribution in [-0.4, -0.2) is 18.1 Å². The zero-order valence-electron chi connectivity index (χ0n) is 7.88. The monoisotopic (exact) mass is 207 g/mol. The van der Waals surface area contributed by atoms with Crippen molar-refractivity contribution in [1.82, 2.24) is 0 Å². The summed E-state index contributed by atoms with van der Waals surface area (Å²) in [6.07, 6.45) is 2.28. The van der Waals surface area contributed by atoms with Gasteiger partial charge in [-0.1, -0.05) is 12.1 Å². The van der Waals surface area contributed by atoms with Crippen LogP contribution in [-0.2, 0) is 0 Å². The molecule has 0 N–H and O–H groups in total. The van der Waals surface area contributed by atoms with Crippen LogP contribution >= 0.6 is 0 Å². The lowest BCUT2D eigenvalue weighted by Crippen LogP contribution is -2.15. The Balaban J connectivity index is 2.35. The lowest BCUT2D eigenvalue weighted by atomic mass is 10.1. The van der Waals surface area contributed by atoms with Crippen LogP contribution in [0.1, 0.15) is 5.56 Å². The van der Waals surface area contributed by atoms with E-state index in [1.807, 2.05) is 0 Å². The summed E-state index contributed by atoms with van der Waals surface area (Å²) in [5.74, 6) is 1.20. The van der Waals surface area contributed by atoms with Crippen LogP contribution in [0.3, 0.4) is 0 Å². The van der Waals surface area contributed by atoms with E-state index < -0.39 is 4.92 Å². The van der Waals surface area contributed by atoms with Gasteiger partial charge in [0, 0.05) is 11.6 Å². The number of benzene rings is 1. The van der Waals surface area contributed by atoms with Crippen molar-refractivity contribution < 1.29 is 14.4 Å². The number of nitro groups is 1. The van der Waals surface area contributed by atoms with E-state index in [1.165, 1.54) is 6.08 Å². The fraction of sp³-hybridized carbons (Fsp3) is 0.200. The van der Waals surface area contributed by atoms with Gasteiger partial charge in [0.2, 0.25) is 6.20 Å². The Morgan fingerprint density at radius 2 is 2.13 bits per heavy atom. The zero-order chi connectivity index (χ0) is 10.7. The molecule has 1 aliphatic rings. The molecule has 0 spiro atoms. The Morgan fingerprint density at radius 1 is 1.33 bits per heavy atom. The van der Waals surface area contributed by atoms with E-state index in [0.29, 0.717) is 30.3 Å². The predicted molar refractivity (Wildman–Crippen MR) is 53.5 cm³/mol. The molecule has 78 valence electrons. The average molecular weight is 207 g/mol. The van der Waals surface area contributed by atoms with E-state index in [9.17, 15) is 10.1 Å². The highest BCUT2D eigenvalue weighted by Crippen LogP contribution is 2.34. The lowest BCUT2D eigenvalue weighted by molar-refractivity contribution is -0.400. The first kappa shape index (κ1) is 9.51. The molecule has 1 aliphatic heterocycles. The number of hydrogen-bond acceptors (Lipinski definition) is 4. The molecule has 1 aromatic carbocycles. The minimum Gasteiger partial charge on any atom is -0.486 e. The molecule has 1 aromatic rings. The molecule has 15 heavy (non-hydrogen) atoms. The maximum Gasteiger partial charge on any atom is 0.235 e. The van der Waals surface area contributed by atoms with E-state index in [2.05, 4.69) is 0 Å². The minimum absolute atomic E-state index is 0.469. The summed E-state index contributed by atoms with van der Waals surface area (Å²) in [6.45, 7) is 0.978. The van der Waals surface area contributed by atoms with Crippen LogP contribution < -0.4 is 9.47 Å². The van der Waals surface area contributed by atoms with Gasteiger partial charge >= 0.3 is 0 Å². The third-order valence-electron chi connectivity index (χ3n) is 1.97. The average Bonchev–Trinajstić information content (AvgIpc) is 2.26. The summed E-state index contributed by atoms with van der Waals surface area (Å²) in [6, 6.07) is 5.29. The SMILES string of the molecule is O=[N+]([O-])/C=C/c1cccc2c1OCCO2. The smallest absolute Gasteiger partial charge is 0.235 e. The highest BCUT2D eigenvalue weighted by atomic mass is 16.6. The van der Waals surface area contributed by atoms with Gasteiger partial charge in [0.15, 0.2) is 11.5 Å². The van der Waals surface area contributed by atoms with E-state index in [4.69, 9.17) is 9.47 Å². The van der Waals surface area contributed by atoms with E-state index in [-0.39, 0.29) is 0 Å². The quantitative estimate of drug-likeness (QED) is 0.547. The lowest BCUT2D eigenvalue weighted by Gasteiger charge is -2.19. The number of rotatable bonds is 2. The maximum absolute atomic E-state index is 10.2. The minimum atomic E-state index is -0.511. The third kappa shape index (κ3) is 2.07. The summed E-state index contributed by atoms with van der Waals surface area (Å²) >= 11 is 0. The van der Waals surface area contributed by atoms with Gasteiger partial charge in [-0.15, -0.1) is 0 Å². The van der Waals surface area contributed by atoms with Crippen molar-refractivity contribution >= 4 is 6.08 Å². The van der Waals surface area contributed by atoms with Gasteiger partial charge in [-0.05, 0) is 6.07 Å². The van der Waals surface area contributed by atoms with Gasteiger partial charge in [-0.2, -0.15) is 0 Å². The van der Waals surface area contributed by atoms with Crippen molar-refractivity contribution in [2.24, 2.45) is 0 Å². The molecule has 0 amide bonds. The van der Waals surface area contributed by atoms with Crippen LogP contribution in [0.25, 0.3) is 6.08 Å². The molecule has 0 bridgehead atoms. The molecule has 0 saturated heterocycles. The van der Waals surface area contributed by atoms with Gasteiger partial charge in [0.1, 0.15) is 13.2 Å². The molecule has 0 aromatic heterocycles. The summed E-state index contributed by atoms with van der Waals surface area (Å²) in [4.78, 5) is 9.68. The van der Waals surface area contributed by atoms with Gasteiger partial charge in [-0.3, -0.25) is 10.1 Å². The van der Waals surface area contributed by atoms with Gasteiger partial charge in [0.25, 0.3) is 0 Å². The first-order valence-corrected chi connectivity index (χ1v) is 4.47. The molecule has 0 unspecified atom stereocenters. The predicted octanol–water partition coefficient (Wildman–Crippen LogP) is 1.71. The Labute approximate surface area is 86.1 Å². The molecule has 5 heteroatoms. The highest BCUT2D eigenvalue weighted by Gasteiger charge is 2.14.